The van der Waals surface area contributed by atoms with E-state index in [1.165, 1.54) is 23.1 Å². The number of benzene rings is 2. The fourth-order valence-corrected chi connectivity index (χ4v) is 4.68. The Hall–Kier alpha value is -2.43. The SMILES string of the molecule is CCOc1cc(/C=C2\SC(=S)N(c3cccc([N+](=O)[O-])c3)C2=O)cc(Br)c1OCC. The molecule has 0 unspecified atom stereocenters. The van der Waals surface area contributed by atoms with Crippen molar-refractivity contribution in [3.8, 4) is 11.5 Å². The van der Waals surface area contributed by atoms with Crippen molar-refractivity contribution in [1.29, 1.82) is 0 Å². The summed E-state index contributed by atoms with van der Waals surface area (Å²) in [6.45, 7) is 4.71. The molecule has 1 aliphatic heterocycles. The van der Waals surface area contributed by atoms with Gasteiger partial charge in [-0.1, -0.05) is 30.0 Å². The summed E-state index contributed by atoms with van der Waals surface area (Å²) in [7, 11) is 0. The molecule has 1 amide bonds. The van der Waals surface area contributed by atoms with Gasteiger partial charge in [0, 0.05) is 12.1 Å². The Labute approximate surface area is 191 Å². The lowest BCUT2D eigenvalue weighted by Crippen LogP contribution is -2.27. The third-order valence-electron chi connectivity index (χ3n) is 4.01. The molecule has 0 N–H and O–H groups in total. The Morgan fingerprint density at radius 1 is 1.23 bits per heavy atom. The lowest BCUT2D eigenvalue weighted by atomic mass is 10.1. The van der Waals surface area contributed by atoms with Gasteiger partial charge in [0.15, 0.2) is 15.8 Å². The third kappa shape index (κ3) is 4.66. The van der Waals surface area contributed by atoms with Crippen LogP contribution in [-0.2, 0) is 4.79 Å². The zero-order valence-electron chi connectivity index (χ0n) is 16.1. The number of non-ortho nitro benzene ring substituents is 1. The van der Waals surface area contributed by atoms with E-state index in [-0.39, 0.29) is 11.6 Å². The van der Waals surface area contributed by atoms with E-state index in [2.05, 4.69) is 15.9 Å². The molecule has 1 aliphatic rings. The predicted octanol–water partition coefficient (Wildman–Crippen LogP) is 5.56. The number of amides is 1. The summed E-state index contributed by atoms with van der Waals surface area (Å²) in [5, 5.41) is 11.1. The number of anilines is 1. The Morgan fingerprint density at radius 2 is 1.97 bits per heavy atom. The first-order chi connectivity index (χ1) is 14.3. The zero-order valence-corrected chi connectivity index (χ0v) is 19.3. The molecule has 1 heterocycles. The Kier molecular flexibility index (Phi) is 7.11. The number of hydrogen-bond donors (Lipinski definition) is 0. The lowest BCUT2D eigenvalue weighted by Gasteiger charge is -2.14. The molecule has 1 fully saturated rings. The van der Waals surface area contributed by atoms with E-state index in [4.69, 9.17) is 21.7 Å². The lowest BCUT2D eigenvalue weighted by molar-refractivity contribution is -0.384. The van der Waals surface area contributed by atoms with Crippen LogP contribution in [-0.4, -0.2) is 28.4 Å². The van der Waals surface area contributed by atoms with E-state index in [0.29, 0.717) is 44.1 Å². The number of nitro benzene ring substituents is 1. The molecule has 2 aromatic rings. The maximum Gasteiger partial charge on any atom is 0.271 e. The van der Waals surface area contributed by atoms with Gasteiger partial charge in [-0.15, -0.1) is 0 Å². The first-order valence-corrected chi connectivity index (χ1v) is 11.0. The molecule has 0 aromatic heterocycles. The van der Waals surface area contributed by atoms with Gasteiger partial charge in [0.2, 0.25) is 0 Å². The number of rotatable bonds is 7. The number of ether oxygens (including phenoxy) is 2. The topological polar surface area (TPSA) is 81.9 Å². The van der Waals surface area contributed by atoms with Gasteiger partial charge < -0.3 is 9.47 Å². The van der Waals surface area contributed by atoms with Crippen LogP contribution < -0.4 is 14.4 Å². The molecule has 7 nitrogen and oxygen atoms in total. The molecule has 2 aromatic carbocycles. The van der Waals surface area contributed by atoms with Crippen molar-refractivity contribution in [1.82, 2.24) is 0 Å². The second kappa shape index (κ2) is 9.59. The number of thioether (sulfide) groups is 1. The standard InChI is InChI=1S/C20H17BrN2O5S2/c1-3-27-16-9-12(8-15(21)18(16)28-4-2)10-17-19(24)22(20(29)30-17)13-6-5-7-14(11-13)23(25)26/h5-11H,3-4H2,1-2H3/b17-10-. The van der Waals surface area contributed by atoms with Gasteiger partial charge >= 0.3 is 0 Å². The van der Waals surface area contributed by atoms with Gasteiger partial charge in [0.1, 0.15) is 0 Å². The molecule has 3 rings (SSSR count). The number of nitro groups is 1. The van der Waals surface area contributed by atoms with E-state index in [0.717, 1.165) is 17.3 Å². The number of thiocarbonyl (C=S) groups is 1. The smallest absolute Gasteiger partial charge is 0.271 e. The molecule has 0 aliphatic carbocycles. The highest BCUT2D eigenvalue weighted by atomic mass is 79.9. The van der Waals surface area contributed by atoms with Crippen LogP contribution in [0.4, 0.5) is 11.4 Å². The van der Waals surface area contributed by atoms with E-state index in [9.17, 15) is 14.9 Å². The number of carbonyl (C=O) groups is 1. The van der Waals surface area contributed by atoms with Crippen LogP contribution in [0, 0.1) is 10.1 Å². The number of hydrogen-bond acceptors (Lipinski definition) is 7. The van der Waals surface area contributed by atoms with E-state index >= 15 is 0 Å². The van der Waals surface area contributed by atoms with Crippen molar-refractivity contribution in [2.75, 3.05) is 18.1 Å². The molecule has 0 bridgehead atoms. The van der Waals surface area contributed by atoms with Crippen LogP contribution in [0.3, 0.4) is 0 Å². The minimum absolute atomic E-state index is 0.109. The van der Waals surface area contributed by atoms with Crippen molar-refractivity contribution in [3.63, 3.8) is 0 Å². The minimum atomic E-state index is -0.510. The zero-order chi connectivity index (χ0) is 21.8. The molecular weight excluding hydrogens is 492 g/mol. The maximum absolute atomic E-state index is 13.0. The highest BCUT2D eigenvalue weighted by Crippen LogP contribution is 2.40. The van der Waals surface area contributed by atoms with Crippen molar-refractivity contribution >= 4 is 67.6 Å². The summed E-state index contributed by atoms with van der Waals surface area (Å²) in [4.78, 5) is 25.2. The highest BCUT2D eigenvalue weighted by molar-refractivity contribution is 9.10. The van der Waals surface area contributed by atoms with Crippen LogP contribution in [0.5, 0.6) is 11.5 Å². The van der Waals surface area contributed by atoms with E-state index in [1.807, 2.05) is 19.9 Å². The monoisotopic (exact) mass is 508 g/mol. The van der Waals surface area contributed by atoms with Gasteiger partial charge in [-0.2, -0.15) is 0 Å². The molecule has 0 saturated carbocycles. The number of carbonyl (C=O) groups excluding carboxylic acids is 1. The number of halogens is 1. The average molecular weight is 509 g/mol. The Morgan fingerprint density at radius 3 is 2.63 bits per heavy atom. The summed E-state index contributed by atoms with van der Waals surface area (Å²) >= 11 is 9.98. The van der Waals surface area contributed by atoms with Gasteiger partial charge in [-0.05, 0) is 59.6 Å². The van der Waals surface area contributed by atoms with Gasteiger partial charge in [-0.3, -0.25) is 19.8 Å². The average Bonchev–Trinajstić information content (AvgIpc) is 2.98. The van der Waals surface area contributed by atoms with Gasteiger partial charge in [0.25, 0.3) is 11.6 Å². The summed E-state index contributed by atoms with van der Waals surface area (Å²) in [5.74, 6) is 0.822. The maximum atomic E-state index is 13.0. The Balaban J connectivity index is 1.96. The second-order valence-electron chi connectivity index (χ2n) is 5.99. The van der Waals surface area contributed by atoms with Crippen LogP contribution in [0.25, 0.3) is 6.08 Å². The van der Waals surface area contributed by atoms with Crippen molar-refractivity contribution < 1.29 is 19.2 Å². The van der Waals surface area contributed by atoms with Crippen molar-refractivity contribution in [3.05, 3.63) is 61.5 Å². The molecule has 156 valence electrons. The van der Waals surface area contributed by atoms with Crippen LogP contribution >= 0.6 is 39.9 Å². The molecule has 0 radical (unpaired) electrons. The van der Waals surface area contributed by atoms with Gasteiger partial charge in [-0.25, -0.2) is 0 Å². The van der Waals surface area contributed by atoms with Crippen LogP contribution in [0.15, 0.2) is 45.8 Å². The minimum Gasteiger partial charge on any atom is -0.490 e. The van der Waals surface area contributed by atoms with E-state index < -0.39 is 4.92 Å². The summed E-state index contributed by atoms with van der Waals surface area (Å²) in [5.41, 5.74) is 0.980. The normalized spacial score (nSPS) is 15.0. The molecule has 0 atom stereocenters. The Bertz CT molecular complexity index is 1060. The van der Waals surface area contributed by atoms with Gasteiger partial charge in [0.05, 0.1) is 33.2 Å². The molecule has 1 saturated heterocycles. The number of nitrogens with zero attached hydrogens (tertiary/aromatic N) is 2. The first-order valence-electron chi connectivity index (χ1n) is 8.97. The van der Waals surface area contributed by atoms with Crippen LogP contribution in [0.1, 0.15) is 19.4 Å². The third-order valence-corrected chi connectivity index (χ3v) is 5.90. The highest BCUT2D eigenvalue weighted by Gasteiger charge is 2.34. The summed E-state index contributed by atoms with van der Waals surface area (Å²) < 4.78 is 12.3. The predicted molar refractivity (Wildman–Crippen MR) is 125 cm³/mol. The van der Waals surface area contributed by atoms with E-state index in [1.54, 1.807) is 18.2 Å². The first kappa shape index (κ1) is 22.3. The largest absolute Gasteiger partial charge is 0.490 e. The molecular formula is C20H17BrN2O5S2. The molecule has 10 heteroatoms. The van der Waals surface area contributed by atoms with Crippen molar-refractivity contribution in [2.24, 2.45) is 0 Å². The summed E-state index contributed by atoms with van der Waals surface area (Å²) in [6, 6.07) is 9.44. The molecule has 30 heavy (non-hydrogen) atoms. The summed E-state index contributed by atoms with van der Waals surface area (Å²) in [6.07, 6.45) is 1.71. The fourth-order valence-electron chi connectivity index (χ4n) is 2.81. The quantitative estimate of drug-likeness (QED) is 0.209. The van der Waals surface area contributed by atoms with Crippen LogP contribution in [0.2, 0.25) is 0 Å². The fraction of sp³-hybridized carbons (Fsp3) is 0.200. The molecule has 0 spiro atoms. The van der Waals surface area contributed by atoms with Crippen molar-refractivity contribution in [2.45, 2.75) is 13.8 Å². The second-order valence-corrected chi connectivity index (χ2v) is 8.52.